The Hall–Kier alpha value is -0.450. The van der Waals surface area contributed by atoms with E-state index in [4.69, 9.17) is 10.5 Å². The Morgan fingerprint density at radius 3 is 2.62 bits per heavy atom. The first-order valence-electron chi connectivity index (χ1n) is 5.11. The van der Waals surface area contributed by atoms with E-state index in [2.05, 4.69) is 15.9 Å². The fraction of sp³-hybridized carbons (Fsp3) is 0.500. The maximum absolute atomic E-state index is 12.9. The molecule has 0 saturated heterocycles. The Morgan fingerprint density at radius 2 is 2.12 bits per heavy atom. The van der Waals surface area contributed by atoms with Crippen LogP contribution in [0.4, 0.5) is 4.39 Å². The van der Waals surface area contributed by atoms with Crippen molar-refractivity contribution in [1.82, 2.24) is 0 Å². The Morgan fingerprint density at radius 1 is 1.50 bits per heavy atom. The molecular weight excluding hydrogens is 273 g/mol. The summed E-state index contributed by atoms with van der Waals surface area (Å²) in [5.41, 5.74) is 6.65. The summed E-state index contributed by atoms with van der Waals surface area (Å²) in [7, 11) is 1.64. The van der Waals surface area contributed by atoms with Crippen LogP contribution in [0.2, 0.25) is 0 Å². The van der Waals surface area contributed by atoms with E-state index in [-0.39, 0.29) is 11.9 Å². The number of benzene rings is 1. The fourth-order valence-corrected chi connectivity index (χ4v) is 1.83. The highest BCUT2D eigenvalue weighted by Crippen LogP contribution is 2.22. The van der Waals surface area contributed by atoms with Crippen molar-refractivity contribution in [3.05, 3.63) is 34.1 Å². The van der Waals surface area contributed by atoms with Crippen LogP contribution >= 0.6 is 15.9 Å². The molecule has 90 valence electrons. The van der Waals surface area contributed by atoms with Gasteiger partial charge in [0.2, 0.25) is 0 Å². The van der Waals surface area contributed by atoms with Crippen molar-refractivity contribution in [2.75, 3.05) is 7.11 Å². The van der Waals surface area contributed by atoms with Gasteiger partial charge in [-0.1, -0.05) is 22.0 Å². The standard InChI is InChI=1S/C12H17BrFNO/c1-12(2,16-3)11(15)6-8-4-5-9(14)7-10(8)13/h4-5,7,11H,6,15H2,1-3H3. The molecule has 1 aromatic rings. The minimum atomic E-state index is -0.395. The summed E-state index contributed by atoms with van der Waals surface area (Å²) in [4.78, 5) is 0. The van der Waals surface area contributed by atoms with Crippen molar-refractivity contribution in [2.45, 2.75) is 31.9 Å². The van der Waals surface area contributed by atoms with Gasteiger partial charge in [-0.2, -0.15) is 0 Å². The molecule has 0 heterocycles. The van der Waals surface area contributed by atoms with Gasteiger partial charge in [0.05, 0.1) is 5.60 Å². The van der Waals surface area contributed by atoms with E-state index in [1.165, 1.54) is 12.1 Å². The highest BCUT2D eigenvalue weighted by atomic mass is 79.9. The van der Waals surface area contributed by atoms with Gasteiger partial charge in [-0.3, -0.25) is 0 Å². The zero-order valence-electron chi connectivity index (χ0n) is 9.76. The van der Waals surface area contributed by atoms with E-state index in [0.29, 0.717) is 6.42 Å². The average molecular weight is 290 g/mol. The van der Waals surface area contributed by atoms with Crippen molar-refractivity contribution in [3.63, 3.8) is 0 Å². The normalized spacial score (nSPS) is 13.9. The van der Waals surface area contributed by atoms with E-state index in [1.54, 1.807) is 13.2 Å². The van der Waals surface area contributed by atoms with Gasteiger partial charge in [-0.05, 0) is 38.0 Å². The number of hydrogen-bond acceptors (Lipinski definition) is 2. The van der Waals surface area contributed by atoms with Crippen LogP contribution in [-0.2, 0) is 11.2 Å². The quantitative estimate of drug-likeness (QED) is 0.925. The van der Waals surface area contributed by atoms with Crippen LogP contribution in [0.25, 0.3) is 0 Å². The van der Waals surface area contributed by atoms with Crippen molar-refractivity contribution in [2.24, 2.45) is 5.73 Å². The molecule has 1 unspecified atom stereocenters. The molecule has 2 N–H and O–H groups in total. The third kappa shape index (κ3) is 3.27. The van der Waals surface area contributed by atoms with Crippen molar-refractivity contribution in [1.29, 1.82) is 0 Å². The number of ether oxygens (including phenoxy) is 1. The van der Waals surface area contributed by atoms with E-state index in [1.807, 2.05) is 13.8 Å². The molecule has 1 aromatic carbocycles. The Kier molecular flexibility index (Phi) is 4.47. The second-order valence-electron chi connectivity index (χ2n) is 4.35. The molecule has 0 fully saturated rings. The van der Waals surface area contributed by atoms with Gasteiger partial charge < -0.3 is 10.5 Å². The molecule has 2 nitrogen and oxygen atoms in total. The first kappa shape index (κ1) is 13.6. The van der Waals surface area contributed by atoms with Crippen LogP contribution < -0.4 is 5.73 Å². The summed E-state index contributed by atoms with van der Waals surface area (Å²) in [6.45, 7) is 3.88. The molecule has 1 atom stereocenters. The number of hydrogen-bond donors (Lipinski definition) is 1. The minimum Gasteiger partial charge on any atom is -0.377 e. The molecule has 0 radical (unpaired) electrons. The van der Waals surface area contributed by atoms with Gasteiger partial charge >= 0.3 is 0 Å². The van der Waals surface area contributed by atoms with Crippen molar-refractivity contribution < 1.29 is 9.13 Å². The number of nitrogens with two attached hydrogens (primary N) is 1. The van der Waals surface area contributed by atoms with Crippen molar-refractivity contribution in [3.8, 4) is 0 Å². The molecule has 0 saturated carbocycles. The summed E-state index contributed by atoms with van der Waals surface area (Å²) in [5.74, 6) is -0.254. The lowest BCUT2D eigenvalue weighted by atomic mass is 9.93. The smallest absolute Gasteiger partial charge is 0.124 e. The minimum absolute atomic E-state index is 0.140. The molecule has 0 aliphatic rings. The molecule has 1 rings (SSSR count). The summed E-state index contributed by atoms with van der Waals surface area (Å²) in [6.07, 6.45) is 0.641. The number of rotatable bonds is 4. The van der Waals surface area contributed by atoms with Gasteiger partial charge in [-0.25, -0.2) is 4.39 Å². The highest BCUT2D eigenvalue weighted by molar-refractivity contribution is 9.10. The first-order chi connectivity index (χ1) is 7.36. The van der Waals surface area contributed by atoms with Crippen LogP contribution in [-0.4, -0.2) is 18.8 Å². The molecule has 4 heteroatoms. The molecule has 0 aliphatic heterocycles. The Bertz CT molecular complexity index is 368. The van der Waals surface area contributed by atoms with Crippen LogP contribution in [0.15, 0.2) is 22.7 Å². The summed E-state index contributed by atoms with van der Waals surface area (Å²) in [6, 6.07) is 4.48. The lowest BCUT2D eigenvalue weighted by Crippen LogP contribution is -2.46. The number of methoxy groups -OCH3 is 1. The van der Waals surface area contributed by atoms with Gasteiger partial charge in [0.15, 0.2) is 0 Å². The van der Waals surface area contributed by atoms with Crippen LogP contribution in [0.1, 0.15) is 19.4 Å². The van der Waals surface area contributed by atoms with Crippen LogP contribution in [0.5, 0.6) is 0 Å². The third-order valence-electron chi connectivity index (χ3n) is 2.87. The van der Waals surface area contributed by atoms with Gasteiger partial charge in [-0.15, -0.1) is 0 Å². The second-order valence-corrected chi connectivity index (χ2v) is 5.21. The first-order valence-corrected chi connectivity index (χ1v) is 5.91. The van der Waals surface area contributed by atoms with E-state index >= 15 is 0 Å². The zero-order chi connectivity index (χ0) is 12.3. The maximum atomic E-state index is 12.9. The predicted molar refractivity (Wildman–Crippen MR) is 66.9 cm³/mol. The van der Waals surface area contributed by atoms with Crippen LogP contribution in [0.3, 0.4) is 0 Å². The Labute approximate surface area is 104 Å². The summed E-state index contributed by atoms with van der Waals surface area (Å²) < 4.78 is 19.0. The molecule has 0 amide bonds. The highest BCUT2D eigenvalue weighted by Gasteiger charge is 2.26. The van der Waals surface area contributed by atoms with Gasteiger partial charge in [0.1, 0.15) is 5.82 Å². The fourth-order valence-electron chi connectivity index (χ4n) is 1.32. The van der Waals surface area contributed by atoms with Crippen molar-refractivity contribution >= 4 is 15.9 Å². The largest absolute Gasteiger partial charge is 0.377 e. The number of halogens is 2. The second kappa shape index (κ2) is 5.25. The zero-order valence-corrected chi connectivity index (χ0v) is 11.3. The molecule has 0 aromatic heterocycles. The van der Waals surface area contributed by atoms with E-state index < -0.39 is 5.60 Å². The van der Waals surface area contributed by atoms with Gasteiger partial charge in [0.25, 0.3) is 0 Å². The molecular formula is C12H17BrFNO. The van der Waals surface area contributed by atoms with Crippen LogP contribution in [0, 0.1) is 5.82 Å². The Balaban J connectivity index is 2.81. The average Bonchev–Trinajstić information content (AvgIpc) is 2.22. The van der Waals surface area contributed by atoms with E-state index in [0.717, 1.165) is 10.0 Å². The monoisotopic (exact) mass is 289 g/mol. The predicted octanol–water partition coefficient (Wildman–Crippen LogP) is 2.88. The molecule has 16 heavy (non-hydrogen) atoms. The summed E-state index contributed by atoms with van der Waals surface area (Å²) >= 11 is 3.33. The molecule has 0 bridgehead atoms. The third-order valence-corrected chi connectivity index (χ3v) is 3.61. The SMILES string of the molecule is COC(C)(C)C(N)Cc1ccc(F)cc1Br. The lowest BCUT2D eigenvalue weighted by Gasteiger charge is -2.30. The summed E-state index contributed by atoms with van der Waals surface area (Å²) in [5, 5.41) is 0. The van der Waals surface area contributed by atoms with Gasteiger partial charge in [0, 0.05) is 17.6 Å². The maximum Gasteiger partial charge on any atom is 0.124 e. The molecule has 0 aliphatic carbocycles. The topological polar surface area (TPSA) is 35.2 Å². The van der Waals surface area contributed by atoms with E-state index in [9.17, 15) is 4.39 Å². The molecule has 0 spiro atoms. The lowest BCUT2D eigenvalue weighted by molar-refractivity contribution is 0.000768.